The predicted octanol–water partition coefficient (Wildman–Crippen LogP) is 5.26. The minimum absolute atomic E-state index is 0.211. The number of aryl methyl sites for hydroxylation is 2. The lowest BCUT2D eigenvalue weighted by atomic mass is 9.91. The van der Waals surface area contributed by atoms with Crippen LogP contribution in [0, 0.1) is 6.92 Å². The van der Waals surface area contributed by atoms with Gasteiger partial charge in [-0.05, 0) is 55.7 Å². The first kappa shape index (κ1) is 22.3. The van der Waals surface area contributed by atoms with Gasteiger partial charge < -0.3 is 0 Å². The minimum Gasteiger partial charge on any atom is -0.295 e. The molecule has 3 aromatic carbocycles. The number of aromatic nitrogens is 2. The van der Waals surface area contributed by atoms with Crippen molar-refractivity contribution in [2.24, 2.45) is 5.10 Å². The largest absolute Gasteiger partial charge is 0.295 e. The first-order valence-electron chi connectivity index (χ1n) is 11.7. The van der Waals surface area contributed by atoms with Crippen molar-refractivity contribution in [2.45, 2.75) is 27.2 Å². The van der Waals surface area contributed by atoms with Crippen LogP contribution in [-0.2, 0) is 11.2 Å². The molecule has 0 unspecified atom stereocenters. The third-order valence-electron chi connectivity index (χ3n) is 6.26. The normalized spacial score (nSPS) is 14.9. The maximum atomic E-state index is 13.8. The summed E-state index contributed by atoms with van der Waals surface area (Å²) in [7, 11) is 0. The van der Waals surface area contributed by atoms with Crippen molar-refractivity contribution in [3.63, 3.8) is 0 Å². The second kappa shape index (κ2) is 9.06. The molecule has 1 N–H and O–H groups in total. The number of anilines is 1. The molecule has 0 saturated heterocycles. The number of H-pyrrole nitrogens is 1. The molecular weight excluding hydrogens is 436 g/mol. The van der Waals surface area contributed by atoms with E-state index < -0.39 is 0 Å². The summed E-state index contributed by atoms with van der Waals surface area (Å²) in [6.07, 6.45) is 0.924. The number of amides is 1. The van der Waals surface area contributed by atoms with Gasteiger partial charge in [0.2, 0.25) is 0 Å². The van der Waals surface area contributed by atoms with Crippen LogP contribution in [0.3, 0.4) is 0 Å². The van der Waals surface area contributed by atoms with E-state index in [1.807, 2.05) is 98.8 Å². The molecule has 35 heavy (non-hydrogen) atoms. The highest BCUT2D eigenvalue weighted by Gasteiger charge is 2.34. The monoisotopic (exact) mass is 462 g/mol. The summed E-state index contributed by atoms with van der Waals surface area (Å²) in [5, 5.41) is 9.18. The lowest BCUT2D eigenvalue weighted by molar-refractivity contribution is -0.114. The minimum atomic E-state index is -0.258. The zero-order chi connectivity index (χ0) is 24.5. The van der Waals surface area contributed by atoms with Crippen LogP contribution in [0.5, 0.6) is 0 Å². The van der Waals surface area contributed by atoms with Crippen molar-refractivity contribution in [1.82, 2.24) is 9.78 Å². The quantitative estimate of drug-likeness (QED) is 0.411. The van der Waals surface area contributed by atoms with E-state index in [4.69, 9.17) is 0 Å². The average molecular weight is 463 g/mol. The number of aromatic amines is 1. The van der Waals surface area contributed by atoms with Crippen LogP contribution in [0.25, 0.3) is 11.3 Å². The molecule has 6 heteroatoms. The number of hydrazone groups is 1. The van der Waals surface area contributed by atoms with Gasteiger partial charge in [0.1, 0.15) is 0 Å². The lowest BCUT2D eigenvalue weighted by Crippen LogP contribution is -2.24. The Labute approximate surface area is 203 Å². The standard InChI is InChI=1S/C29H26N4O2/c1-4-21-15-17-24(18-16-21)33-29(35)26(20(3)31-33)27(22-11-7-5-8-12-22)25-19(2)30-32(28(25)34)23-13-9-6-10-14-23/h5-18,31H,4H2,1-3H3/b27-25-. The molecule has 4 aromatic rings. The van der Waals surface area contributed by atoms with Crippen molar-refractivity contribution in [3.05, 3.63) is 123 Å². The van der Waals surface area contributed by atoms with Crippen molar-refractivity contribution < 1.29 is 4.79 Å². The Balaban J connectivity index is 1.72. The summed E-state index contributed by atoms with van der Waals surface area (Å²) in [5.74, 6) is -0.258. The van der Waals surface area contributed by atoms with Gasteiger partial charge in [0.25, 0.3) is 11.5 Å². The molecule has 0 bridgehead atoms. The number of hydrogen-bond acceptors (Lipinski definition) is 3. The Morgan fingerprint density at radius 2 is 1.46 bits per heavy atom. The van der Waals surface area contributed by atoms with E-state index in [0.717, 1.165) is 17.7 Å². The van der Waals surface area contributed by atoms with Gasteiger partial charge in [-0.15, -0.1) is 0 Å². The fourth-order valence-corrected chi connectivity index (χ4v) is 4.46. The molecule has 1 amide bonds. The number of rotatable bonds is 5. The highest BCUT2D eigenvalue weighted by Crippen LogP contribution is 2.33. The smallest absolute Gasteiger partial charge is 0.281 e. The third-order valence-corrected chi connectivity index (χ3v) is 6.26. The van der Waals surface area contributed by atoms with Crippen LogP contribution in [0.2, 0.25) is 0 Å². The molecule has 5 rings (SSSR count). The number of nitrogens with zero attached hydrogens (tertiary/aromatic N) is 3. The molecule has 2 heterocycles. The number of para-hydroxylation sites is 1. The van der Waals surface area contributed by atoms with E-state index in [2.05, 4.69) is 17.1 Å². The van der Waals surface area contributed by atoms with E-state index >= 15 is 0 Å². The Hall–Kier alpha value is -4.45. The Bertz CT molecular complexity index is 1510. The molecule has 0 atom stereocenters. The molecule has 0 saturated carbocycles. The zero-order valence-electron chi connectivity index (χ0n) is 19.9. The lowest BCUT2D eigenvalue weighted by Gasteiger charge is -2.14. The maximum absolute atomic E-state index is 13.8. The summed E-state index contributed by atoms with van der Waals surface area (Å²) < 4.78 is 1.54. The molecule has 0 radical (unpaired) electrons. The Kier molecular flexibility index (Phi) is 5.79. The van der Waals surface area contributed by atoms with Crippen LogP contribution in [0.4, 0.5) is 5.69 Å². The van der Waals surface area contributed by atoms with Crippen molar-refractivity contribution in [1.29, 1.82) is 0 Å². The molecule has 0 fully saturated rings. The summed E-state index contributed by atoms with van der Waals surface area (Å²) in [6.45, 7) is 5.76. The second-order valence-electron chi connectivity index (χ2n) is 8.53. The number of hydrogen-bond donors (Lipinski definition) is 1. The number of benzene rings is 3. The molecular formula is C29H26N4O2. The topological polar surface area (TPSA) is 70.5 Å². The van der Waals surface area contributed by atoms with Gasteiger partial charge in [0.15, 0.2) is 0 Å². The first-order valence-corrected chi connectivity index (χ1v) is 11.7. The van der Waals surface area contributed by atoms with E-state index in [-0.39, 0.29) is 11.5 Å². The highest BCUT2D eigenvalue weighted by molar-refractivity contribution is 6.34. The summed E-state index contributed by atoms with van der Waals surface area (Å²) in [6, 6.07) is 26.8. The van der Waals surface area contributed by atoms with Gasteiger partial charge in [0.05, 0.1) is 28.2 Å². The summed E-state index contributed by atoms with van der Waals surface area (Å²) in [5.41, 5.74) is 5.91. The van der Waals surface area contributed by atoms with Crippen molar-refractivity contribution >= 4 is 22.9 Å². The molecule has 0 spiro atoms. The SMILES string of the molecule is CCc1ccc(-n2[nH]c(C)c(/C(=C3\C(=O)N(c4ccccc4)N=C3C)c3ccccc3)c2=O)cc1. The molecule has 174 valence electrons. The van der Waals surface area contributed by atoms with Gasteiger partial charge in [-0.3, -0.25) is 14.7 Å². The van der Waals surface area contributed by atoms with Crippen LogP contribution in [-0.4, -0.2) is 21.4 Å². The van der Waals surface area contributed by atoms with Gasteiger partial charge in [-0.1, -0.05) is 67.6 Å². The Morgan fingerprint density at radius 1 is 0.829 bits per heavy atom. The fourth-order valence-electron chi connectivity index (χ4n) is 4.46. The van der Waals surface area contributed by atoms with Gasteiger partial charge in [0, 0.05) is 11.3 Å². The van der Waals surface area contributed by atoms with E-state index in [1.54, 1.807) is 0 Å². The fraction of sp³-hybridized carbons (Fsp3) is 0.138. The molecule has 0 aliphatic carbocycles. The van der Waals surface area contributed by atoms with E-state index in [1.165, 1.54) is 15.3 Å². The van der Waals surface area contributed by atoms with Crippen LogP contribution in [0.1, 0.15) is 36.2 Å². The average Bonchev–Trinajstić information content (AvgIpc) is 3.36. The summed E-state index contributed by atoms with van der Waals surface area (Å²) >= 11 is 0. The number of nitrogens with one attached hydrogen (secondary N) is 1. The van der Waals surface area contributed by atoms with Crippen LogP contribution in [0.15, 0.2) is 100 Å². The predicted molar refractivity (Wildman–Crippen MR) is 140 cm³/mol. The van der Waals surface area contributed by atoms with E-state index in [9.17, 15) is 9.59 Å². The Morgan fingerprint density at radius 3 is 2.09 bits per heavy atom. The molecule has 1 aromatic heterocycles. The highest BCUT2D eigenvalue weighted by atomic mass is 16.2. The second-order valence-corrected chi connectivity index (χ2v) is 8.53. The van der Waals surface area contributed by atoms with Crippen molar-refractivity contribution in [2.75, 3.05) is 5.01 Å². The third kappa shape index (κ3) is 3.93. The van der Waals surface area contributed by atoms with Crippen molar-refractivity contribution in [3.8, 4) is 5.69 Å². The summed E-state index contributed by atoms with van der Waals surface area (Å²) in [4.78, 5) is 27.5. The van der Waals surface area contributed by atoms with Crippen LogP contribution >= 0.6 is 0 Å². The number of carbonyl (C=O) groups is 1. The first-order chi connectivity index (χ1) is 17.0. The molecule has 1 aliphatic rings. The zero-order valence-corrected chi connectivity index (χ0v) is 19.9. The molecule has 6 nitrogen and oxygen atoms in total. The van der Waals surface area contributed by atoms with E-state index in [0.29, 0.717) is 33.8 Å². The maximum Gasteiger partial charge on any atom is 0.281 e. The van der Waals surface area contributed by atoms with Gasteiger partial charge in [-0.25, -0.2) is 4.68 Å². The van der Waals surface area contributed by atoms with Gasteiger partial charge >= 0.3 is 0 Å². The number of carbonyl (C=O) groups excluding carboxylic acids is 1. The van der Waals surface area contributed by atoms with Crippen LogP contribution < -0.4 is 10.6 Å². The molecule has 1 aliphatic heterocycles. The van der Waals surface area contributed by atoms with Gasteiger partial charge in [-0.2, -0.15) is 10.1 Å².